The number of benzene rings is 2. The van der Waals surface area contributed by atoms with Gasteiger partial charge in [0.1, 0.15) is 5.75 Å². The lowest BCUT2D eigenvalue weighted by atomic mass is 10.0. The maximum atomic E-state index is 11.6. The topological polar surface area (TPSA) is 78.0 Å². The molecule has 174 valence electrons. The third-order valence-corrected chi connectivity index (χ3v) is 5.21. The van der Waals surface area contributed by atoms with Crippen LogP contribution in [0.15, 0.2) is 59.6 Å². The highest BCUT2D eigenvalue weighted by atomic mass is 127. The minimum absolute atomic E-state index is 0. The number of likely N-dealkylation sites (N-methyl/N-ethyl adjacent to an activating group) is 1. The molecule has 2 aromatic carbocycles. The first-order valence-electron chi connectivity index (χ1n) is 10.9. The first-order valence-corrected chi connectivity index (χ1v) is 10.9. The van der Waals surface area contributed by atoms with E-state index in [9.17, 15) is 4.79 Å². The van der Waals surface area contributed by atoms with E-state index in [0.29, 0.717) is 24.9 Å². The van der Waals surface area contributed by atoms with Crippen LogP contribution in [-0.4, -0.2) is 51.2 Å². The normalized spacial score (nSPS) is 16.0. The lowest BCUT2D eigenvalue weighted by Crippen LogP contribution is -2.51. The van der Waals surface area contributed by atoms with Gasteiger partial charge in [0.05, 0.1) is 0 Å². The van der Waals surface area contributed by atoms with Crippen molar-refractivity contribution in [2.45, 2.75) is 32.4 Å². The molecule has 0 bridgehead atoms. The van der Waals surface area contributed by atoms with Crippen LogP contribution in [-0.2, 0) is 11.3 Å². The number of carbonyl (C=O) groups excluding carboxylic acids is 1. The fourth-order valence-electron chi connectivity index (χ4n) is 3.68. The number of para-hydroxylation sites is 1. The standard InChI is InChI=1S/C24H33N5O2.HI/c1-3-26-23(30)18-31-22-13-7-9-19(15-22)16-27-24(25-2)28-20-10-8-14-29(17-20)21-11-5-4-6-12-21;/h4-7,9,11-13,15,20H,3,8,10,14,16-18H2,1-2H3,(H,26,30)(H2,25,27,28);1H. The monoisotopic (exact) mass is 551 g/mol. The van der Waals surface area contributed by atoms with Crippen LogP contribution in [0.1, 0.15) is 25.3 Å². The number of hydrogen-bond acceptors (Lipinski definition) is 4. The van der Waals surface area contributed by atoms with Gasteiger partial charge in [-0.25, -0.2) is 0 Å². The number of rotatable bonds is 8. The van der Waals surface area contributed by atoms with Gasteiger partial charge in [0.15, 0.2) is 12.6 Å². The Kier molecular flexibility index (Phi) is 11.1. The molecular weight excluding hydrogens is 517 g/mol. The molecule has 0 radical (unpaired) electrons. The van der Waals surface area contributed by atoms with Crippen molar-refractivity contribution in [1.82, 2.24) is 16.0 Å². The smallest absolute Gasteiger partial charge is 0.257 e. The molecule has 3 N–H and O–H groups in total. The van der Waals surface area contributed by atoms with Crippen LogP contribution < -0.4 is 25.6 Å². The SMILES string of the molecule is CCNC(=O)COc1cccc(CNC(=NC)NC2CCCN(c3ccccc3)C2)c1.I. The number of aliphatic imine (C=N–C) groups is 1. The first kappa shape index (κ1) is 25.8. The van der Waals surface area contributed by atoms with Crippen molar-refractivity contribution in [1.29, 1.82) is 0 Å². The Morgan fingerprint density at radius 2 is 1.97 bits per heavy atom. The third-order valence-electron chi connectivity index (χ3n) is 5.21. The Labute approximate surface area is 208 Å². The van der Waals surface area contributed by atoms with E-state index in [0.717, 1.165) is 37.5 Å². The Morgan fingerprint density at radius 1 is 1.16 bits per heavy atom. The molecule has 1 unspecified atom stereocenters. The lowest BCUT2D eigenvalue weighted by molar-refractivity contribution is -0.122. The molecule has 0 aliphatic carbocycles. The highest BCUT2D eigenvalue weighted by Gasteiger charge is 2.20. The van der Waals surface area contributed by atoms with E-state index in [-0.39, 0.29) is 36.5 Å². The molecule has 1 aliphatic heterocycles. The van der Waals surface area contributed by atoms with Crippen molar-refractivity contribution in [3.05, 3.63) is 60.2 Å². The quantitative estimate of drug-likeness (QED) is 0.267. The number of nitrogens with one attached hydrogen (secondary N) is 3. The molecule has 3 rings (SSSR count). The lowest BCUT2D eigenvalue weighted by Gasteiger charge is -2.35. The Morgan fingerprint density at radius 3 is 2.72 bits per heavy atom. The van der Waals surface area contributed by atoms with Crippen molar-refractivity contribution >= 4 is 41.5 Å². The van der Waals surface area contributed by atoms with Crippen molar-refractivity contribution < 1.29 is 9.53 Å². The van der Waals surface area contributed by atoms with Gasteiger partial charge in [-0.1, -0.05) is 30.3 Å². The maximum absolute atomic E-state index is 11.6. The molecule has 1 amide bonds. The molecule has 2 aromatic rings. The second-order valence-electron chi connectivity index (χ2n) is 7.58. The second-order valence-corrected chi connectivity index (χ2v) is 7.58. The molecule has 8 heteroatoms. The average Bonchev–Trinajstić information content (AvgIpc) is 2.81. The van der Waals surface area contributed by atoms with Crippen molar-refractivity contribution in [3.63, 3.8) is 0 Å². The Balaban J connectivity index is 0.00000363. The first-order chi connectivity index (χ1) is 15.2. The fraction of sp³-hybridized carbons (Fsp3) is 0.417. The van der Waals surface area contributed by atoms with Gasteiger partial charge in [-0.05, 0) is 49.6 Å². The number of anilines is 1. The molecule has 0 aromatic heterocycles. The highest BCUT2D eigenvalue weighted by Crippen LogP contribution is 2.19. The molecule has 7 nitrogen and oxygen atoms in total. The molecule has 0 spiro atoms. The van der Waals surface area contributed by atoms with E-state index in [1.54, 1.807) is 7.05 Å². The largest absolute Gasteiger partial charge is 0.484 e. The average molecular weight is 551 g/mol. The Bertz CT molecular complexity index is 862. The molecule has 1 aliphatic rings. The molecule has 1 heterocycles. The molecule has 1 fully saturated rings. The summed E-state index contributed by atoms with van der Waals surface area (Å²) >= 11 is 0. The number of guanidine groups is 1. The van der Waals surface area contributed by atoms with Gasteiger partial charge in [0.25, 0.3) is 5.91 Å². The molecule has 1 atom stereocenters. The van der Waals surface area contributed by atoms with Gasteiger partial charge >= 0.3 is 0 Å². The summed E-state index contributed by atoms with van der Waals surface area (Å²) < 4.78 is 5.58. The number of halogens is 1. The van der Waals surface area contributed by atoms with Gasteiger partial charge < -0.3 is 25.6 Å². The zero-order chi connectivity index (χ0) is 21.9. The van der Waals surface area contributed by atoms with Gasteiger partial charge in [-0.2, -0.15) is 0 Å². The third kappa shape index (κ3) is 8.22. The number of amides is 1. The zero-order valence-corrected chi connectivity index (χ0v) is 21.2. The van der Waals surface area contributed by atoms with E-state index >= 15 is 0 Å². The van der Waals surface area contributed by atoms with Gasteiger partial charge in [-0.15, -0.1) is 24.0 Å². The molecule has 32 heavy (non-hydrogen) atoms. The van der Waals surface area contributed by atoms with E-state index in [1.807, 2.05) is 31.2 Å². The van der Waals surface area contributed by atoms with Crippen LogP contribution in [0.5, 0.6) is 5.75 Å². The molecule has 0 saturated carbocycles. The summed E-state index contributed by atoms with van der Waals surface area (Å²) in [5.74, 6) is 1.35. The van der Waals surface area contributed by atoms with E-state index in [2.05, 4.69) is 56.2 Å². The maximum Gasteiger partial charge on any atom is 0.257 e. The van der Waals surface area contributed by atoms with E-state index < -0.39 is 0 Å². The van der Waals surface area contributed by atoms with Crippen LogP contribution in [0, 0.1) is 0 Å². The number of piperidine rings is 1. The summed E-state index contributed by atoms with van der Waals surface area (Å²) in [5, 5.41) is 9.67. The predicted octanol–water partition coefficient (Wildman–Crippen LogP) is 3.15. The van der Waals surface area contributed by atoms with Crippen LogP contribution in [0.2, 0.25) is 0 Å². The predicted molar refractivity (Wildman–Crippen MR) is 141 cm³/mol. The van der Waals surface area contributed by atoms with Crippen molar-refractivity contribution in [2.75, 3.05) is 38.2 Å². The number of ether oxygens (including phenoxy) is 1. The second kappa shape index (κ2) is 13.8. The van der Waals surface area contributed by atoms with Crippen LogP contribution in [0.25, 0.3) is 0 Å². The van der Waals surface area contributed by atoms with E-state index in [4.69, 9.17) is 4.74 Å². The molecular formula is C24H34IN5O2. The summed E-state index contributed by atoms with van der Waals surface area (Å²) in [6.45, 7) is 5.16. The number of hydrogen-bond donors (Lipinski definition) is 3. The highest BCUT2D eigenvalue weighted by molar-refractivity contribution is 14.0. The van der Waals surface area contributed by atoms with Crippen molar-refractivity contribution in [3.8, 4) is 5.75 Å². The van der Waals surface area contributed by atoms with Gasteiger partial charge in [-0.3, -0.25) is 9.79 Å². The minimum Gasteiger partial charge on any atom is -0.484 e. The fourth-order valence-corrected chi connectivity index (χ4v) is 3.68. The summed E-state index contributed by atoms with van der Waals surface area (Å²) in [7, 11) is 1.79. The van der Waals surface area contributed by atoms with Crippen LogP contribution in [0.4, 0.5) is 5.69 Å². The van der Waals surface area contributed by atoms with E-state index in [1.165, 1.54) is 5.69 Å². The van der Waals surface area contributed by atoms with Crippen molar-refractivity contribution in [2.24, 2.45) is 4.99 Å². The summed E-state index contributed by atoms with van der Waals surface area (Å²) in [6, 6.07) is 18.6. The van der Waals surface area contributed by atoms with Crippen LogP contribution >= 0.6 is 24.0 Å². The number of nitrogens with zero attached hydrogens (tertiary/aromatic N) is 2. The minimum atomic E-state index is -0.118. The van der Waals surface area contributed by atoms with Gasteiger partial charge in [0.2, 0.25) is 0 Å². The summed E-state index contributed by atoms with van der Waals surface area (Å²) in [6.07, 6.45) is 2.27. The zero-order valence-electron chi connectivity index (χ0n) is 18.8. The van der Waals surface area contributed by atoms with Gasteiger partial charge in [0, 0.05) is 45.0 Å². The number of carbonyl (C=O) groups is 1. The van der Waals surface area contributed by atoms with Crippen LogP contribution in [0.3, 0.4) is 0 Å². The molecule has 1 saturated heterocycles. The summed E-state index contributed by atoms with van der Waals surface area (Å²) in [4.78, 5) is 18.4. The Hall–Kier alpha value is -2.49. The summed E-state index contributed by atoms with van der Waals surface area (Å²) in [5.41, 5.74) is 2.33.